The van der Waals surface area contributed by atoms with Gasteiger partial charge in [-0.3, -0.25) is 19.7 Å². The minimum atomic E-state index is -1.66. The van der Waals surface area contributed by atoms with Crippen LogP contribution in [0.25, 0.3) is 0 Å². The SMILES string of the molecule is COc1cccc(C2NC(CC(C)C)(C(=O)O)C3C(=O)N(c4cccc(C)c4)C(=O)C23)c1O. The summed E-state index contributed by atoms with van der Waals surface area (Å²) < 4.78 is 5.22. The van der Waals surface area contributed by atoms with Crippen molar-refractivity contribution in [1.82, 2.24) is 5.32 Å². The lowest BCUT2D eigenvalue weighted by Crippen LogP contribution is -2.56. The van der Waals surface area contributed by atoms with Crippen LogP contribution < -0.4 is 15.0 Å². The van der Waals surface area contributed by atoms with Crippen molar-refractivity contribution >= 4 is 23.5 Å². The van der Waals surface area contributed by atoms with Crippen LogP contribution in [0.15, 0.2) is 42.5 Å². The Morgan fingerprint density at radius 3 is 2.48 bits per heavy atom. The summed E-state index contributed by atoms with van der Waals surface area (Å²) in [6, 6.07) is 11.0. The van der Waals surface area contributed by atoms with Gasteiger partial charge in [0.05, 0.1) is 24.6 Å². The lowest BCUT2D eigenvalue weighted by atomic mass is 9.75. The third-order valence-electron chi connectivity index (χ3n) is 6.61. The molecule has 2 aliphatic rings. The van der Waals surface area contributed by atoms with Crippen LogP contribution >= 0.6 is 0 Å². The van der Waals surface area contributed by atoms with Gasteiger partial charge in [0.25, 0.3) is 0 Å². The maximum absolute atomic E-state index is 13.7. The van der Waals surface area contributed by atoms with Gasteiger partial charge in [0.1, 0.15) is 5.54 Å². The van der Waals surface area contributed by atoms with Gasteiger partial charge in [0.15, 0.2) is 11.5 Å². The highest BCUT2D eigenvalue weighted by atomic mass is 16.5. The van der Waals surface area contributed by atoms with Gasteiger partial charge in [0.2, 0.25) is 11.8 Å². The number of aliphatic carboxylic acids is 1. The Morgan fingerprint density at radius 1 is 1.18 bits per heavy atom. The van der Waals surface area contributed by atoms with Crippen molar-refractivity contribution in [2.45, 2.75) is 38.8 Å². The molecule has 2 aromatic rings. The molecular formula is C25H28N2O6. The number of anilines is 1. The summed E-state index contributed by atoms with van der Waals surface area (Å²) in [4.78, 5) is 41.2. The highest BCUT2D eigenvalue weighted by Crippen LogP contribution is 2.53. The number of imide groups is 1. The largest absolute Gasteiger partial charge is 0.504 e. The number of benzene rings is 2. The van der Waals surface area contributed by atoms with Crippen molar-refractivity contribution in [3.05, 3.63) is 53.6 Å². The number of phenols is 1. The van der Waals surface area contributed by atoms with Crippen molar-refractivity contribution in [3.8, 4) is 11.5 Å². The van der Waals surface area contributed by atoms with E-state index in [1.165, 1.54) is 7.11 Å². The number of carboxylic acid groups (broad SMARTS) is 1. The molecule has 2 aromatic carbocycles. The number of carboxylic acids is 1. The molecule has 8 nitrogen and oxygen atoms in total. The van der Waals surface area contributed by atoms with E-state index >= 15 is 0 Å². The van der Waals surface area contributed by atoms with E-state index in [0.717, 1.165) is 10.5 Å². The van der Waals surface area contributed by atoms with E-state index in [-0.39, 0.29) is 23.8 Å². The van der Waals surface area contributed by atoms with E-state index in [4.69, 9.17) is 4.74 Å². The smallest absolute Gasteiger partial charge is 0.324 e. The third kappa shape index (κ3) is 3.45. The second kappa shape index (κ2) is 8.19. The molecule has 33 heavy (non-hydrogen) atoms. The lowest BCUT2D eigenvalue weighted by molar-refractivity contribution is -0.149. The Hall–Kier alpha value is -3.39. The van der Waals surface area contributed by atoms with Crippen LogP contribution in [0.4, 0.5) is 5.69 Å². The van der Waals surface area contributed by atoms with Gasteiger partial charge in [-0.25, -0.2) is 4.90 Å². The van der Waals surface area contributed by atoms with E-state index in [9.17, 15) is 24.6 Å². The van der Waals surface area contributed by atoms with Crippen molar-refractivity contribution in [1.29, 1.82) is 0 Å². The van der Waals surface area contributed by atoms with E-state index in [1.807, 2.05) is 26.8 Å². The van der Waals surface area contributed by atoms with Crippen LogP contribution in [0, 0.1) is 24.7 Å². The first-order valence-electron chi connectivity index (χ1n) is 10.9. The number of ether oxygens (including phenoxy) is 1. The number of rotatable bonds is 6. The van der Waals surface area contributed by atoms with Gasteiger partial charge < -0.3 is 14.9 Å². The molecule has 174 valence electrons. The normalized spacial score (nSPS) is 26.7. The van der Waals surface area contributed by atoms with Gasteiger partial charge in [-0.2, -0.15) is 0 Å². The zero-order valence-electron chi connectivity index (χ0n) is 19.0. The zero-order chi connectivity index (χ0) is 24.1. The molecule has 0 bridgehead atoms. The fraction of sp³-hybridized carbons (Fsp3) is 0.400. The monoisotopic (exact) mass is 452 g/mol. The molecule has 4 atom stereocenters. The molecule has 2 fully saturated rings. The van der Waals surface area contributed by atoms with E-state index < -0.39 is 41.2 Å². The molecule has 0 aromatic heterocycles. The quantitative estimate of drug-likeness (QED) is 0.577. The number of aromatic hydroxyl groups is 1. The molecule has 0 radical (unpaired) electrons. The summed E-state index contributed by atoms with van der Waals surface area (Å²) in [6.07, 6.45) is 0.144. The second-order valence-corrected chi connectivity index (χ2v) is 9.25. The predicted molar refractivity (Wildman–Crippen MR) is 121 cm³/mol. The average molecular weight is 453 g/mol. The van der Waals surface area contributed by atoms with E-state index in [2.05, 4.69) is 5.32 Å². The number of carbonyl (C=O) groups is 3. The van der Waals surface area contributed by atoms with Crippen LogP contribution in [-0.4, -0.2) is 40.6 Å². The number of phenolic OH excluding ortho intramolecular Hbond substituents is 1. The van der Waals surface area contributed by atoms with Gasteiger partial charge in [-0.05, 0) is 43.0 Å². The predicted octanol–water partition coefficient (Wildman–Crippen LogP) is 3.03. The maximum atomic E-state index is 13.7. The Bertz CT molecular complexity index is 1130. The fourth-order valence-electron chi connectivity index (χ4n) is 5.36. The summed E-state index contributed by atoms with van der Waals surface area (Å²) in [5.41, 5.74) is -0.0538. The topological polar surface area (TPSA) is 116 Å². The minimum Gasteiger partial charge on any atom is -0.504 e. The van der Waals surface area contributed by atoms with Crippen LogP contribution in [0.3, 0.4) is 0 Å². The molecule has 2 heterocycles. The number of nitrogens with zero attached hydrogens (tertiary/aromatic N) is 1. The first-order valence-corrected chi connectivity index (χ1v) is 10.9. The Morgan fingerprint density at radius 2 is 1.88 bits per heavy atom. The van der Waals surface area contributed by atoms with Gasteiger partial charge in [-0.15, -0.1) is 0 Å². The molecule has 4 unspecified atom stereocenters. The van der Waals surface area contributed by atoms with Crippen molar-refractivity contribution in [2.75, 3.05) is 12.0 Å². The van der Waals surface area contributed by atoms with Crippen LogP contribution in [-0.2, 0) is 14.4 Å². The van der Waals surface area contributed by atoms with E-state index in [0.29, 0.717) is 11.3 Å². The number of amides is 2. The molecule has 2 aliphatic heterocycles. The zero-order valence-corrected chi connectivity index (χ0v) is 19.0. The molecule has 4 rings (SSSR count). The fourth-order valence-corrected chi connectivity index (χ4v) is 5.36. The van der Waals surface area contributed by atoms with Crippen molar-refractivity contribution in [2.24, 2.45) is 17.8 Å². The van der Waals surface area contributed by atoms with Crippen LogP contribution in [0.1, 0.15) is 37.4 Å². The van der Waals surface area contributed by atoms with Crippen LogP contribution in [0.5, 0.6) is 11.5 Å². The van der Waals surface area contributed by atoms with Gasteiger partial charge >= 0.3 is 5.97 Å². The minimum absolute atomic E-state index is 0.0668. The third-order valence-corrected chi connectivity index (χ3v) is 6.61. The number of hydrogen-bond donors (Lipinski definition) is 3. The lowest BCUT2D eigenvalue weighted by Gasteiger charge is -2.32. The molecule has 0 spiro atoms. The molecule has 2 saturated heterocycles. The standard InChI is InChI=1S/C25H28N2O6/c1-13(2)12-25(24(31)32)19-18(20(26-25)16-9-6-10-17(33-4)21(16)28)22(29)27(23(19)30)15-8-5-7-14(3)11-15/h5-11,13,18-20,26,28H,12H2,1-4H3,(H,31,32). The summed E-state index contributed by atoms with van der Waals surface area (Å²) in [6.45, 7) is 5.60. The molecular weight excluding hydrogens is 424 g/mol. The van der Waals surface area contributed by atoms with Gasteiger partial charge in [-0.1, -0.05) is 38.1 Å². The highest BCUT2D eigenvalue weighted by Gasteiger charge is 2.68. The first-order chi connectivity index (χ1) is 15.6. The second-order valence-electron chi connectivity index (χ2n) is 9.25. The number of aryl methyl sites for hydroxylation is 1. The van der Waals surface area contributed by atoms with Crippen LogP contribution in [0.2, 0.25) is 0 Å². The molecule has 0 saturated carbocycles. The Kier molecular flexibility index (Phi) is 5.66. The number of para-hydroxylation sites is 1. The summed E-state index contributed by atoms with van der Waals surface area (Å²) in [7, 11) is 1.41. The first kappa shape index (κ1) is 22.8. The van der Waals surface area contributed by atoms with Gasteiger partial charge in [0, 0.05) is 11.6 Å². The average Bonchev–Trinajstić information content (AvgIpc) is 3.22. The molecule has 0 aliphatic carbocycles. The number of hydrogen-bond acceptors (Lipinski definition) is 6. The van der Waals surface area contributed by atoms with E-state index in [1.54, 1.807) is 36.4 Å². The number of carbonyl (C=O) groups excluding carboxylic acids is 2. The number of nitrogens with one attached hydrogen (secondary N) is 1. The highest BCUT2D eigenvalue weighted by molar-refractivity contribution is 6.24. The Balaban J connectivity index is 1.91. The molecule has 3 N–H and O–H groups in total. The summed E-state index contributed by atoms with van der Waals surface area (Å²) in [5, 5.41) is 24.3. The number of methoxy groups -OCH3 is 1. The summed E-state index contributed by atoms with van der Waals surface area (Å²) in [5.74, 6) is -4.39. The maximum Gasteiger partial charge on any atom is 0.324 e. The van der Waals surface area contributed by atoms with Crippen molar-refractivity contribution < 1.29 is 29.3 Å². The Labute approximate surface area is 192 Å². The van der Waals surface area contributed by atoms with Crippen molar-refractivity contribution in [3.63, 3.8) is 0 Å². The molecule has 2 amide bonds. The molecule has 8 heteroatoms. The summed E-state index contributed by atoms with van der Waals surface area (Å²) >= 11 is 0. The number of fused-ring (bicyclic) bond motifs is 1.